The van der Waals surface area contributed by atoms with E-state index >= 15 is 0 Å². The number of rotatable bonds is 36. The molecule has 0 aliphatic rings. The third-order valence-electron chi connectivity index (χ3n) is 10.7. The molecule has 0 fully saturated rings. The Labute approximate surface area is 376 Å². The summed E-state index contributed by atoms with van der Waals surface area (Å²) in [6.07, 6.45) is 15.4. The summed E-state index contributed by atoms with van der Waals surface area (Å²) in [6, 6.07) is -7.06. The lowest BCUT2D eigenvalue weighted by atomic mass is 9.58. The third-order valence-corrected chi connectivity index (χ3v) is 10.7. The second-order valence-electron chi connectivity index (χ2n) is 16.3. The second-order valence-corrected chi connectivity index (χ2v) is 16.3. The predicted molar refractivity (Wildman–Crippen MR) is 239 cm³/mol. The Morgan fingerprint density at radius 3 is 1.77 bits per heavy atom. The summed E-state index contributed by atoms with van der Waals surface area (Å²) in [5.74, 6) is -7.98. The van der Waals surface area contributed by atoms with Crippen molar-refractivity contribution in [2.24, 2.45) is 11.5 Å². The van der Waals surface area contributed by atoms with Gasteiger partial charge in [0.25, 0.3) is 0 Å². The fraction of sp³-hybridized carbons (Fsp3) is 0.714. The van der Waals surface area contributed by atoms with Crippen molar-refractivity contribution >= 4 is 60.2 Å². The summed E-state index contributed by atoms with van der Waals surface area (Å²) in [4.78, 5) is 122. The minimum atomic E-state index is -1.73. The Bertz CT molecular complexity index is 1630. The van der Waals surface area contributed by atoms with Gasteiger partial charge in [-0.1, -0.05) is 84.0 Å². The fourth-order valence-corrected chi connectivity index (χ4v) is 6.81. The van der Waals surface area contributed by atoms with Gasteiger partial charge in [-0.2, -0.15) is 0 Å². The molecule has 0 aliphatic heterocycles. The van der Waals surface area contributed by atoms with E-state index in [1.54, 1.807) is 0 Å². The van der Waals surface area contributed by atoms with Gasteiger partial charge in [0.15, 0.2) is 0 Å². The lowest BCUT2D eigenvalue weighted by Crippen LogP contribution is -2.60. The number of imidazole rings is 1. The van der Waals surface area contributed by atoms with Gasteiger partial charge in [0.05, 0.1) is 24.9 Å². The van der Waals surface area contributed by atoms with E-state index in [9.17, 15) is 53.4 Å². The smallest absolute Gasteiger partial charge is 0.245 e. The number of nitrogens with one attached hydrogen (secondary N) is 7. The number of unbranched alkanes of at least 4 members (excludes halogenated alkanes) is 12. The van der Waals surface area contributed by atoms with Crippen molar-refractivity contribution in [2.75, 3.05) is 13.7 Å². The number of amides is 8. The fourth-order valence-electron chi connectivity index (χ4n) is 6.81. The predicted octanol–water partition coefficient (Wildman–Crippen LogP) is -1.11. The first-order valence-electron chi connectivity index (χ1n) is 22.5. The minimum Gasteiger partial charge on any atom is -0.396 e. The molecule has 1 aromatic heterocycles. The molecular formula is C42H73BN10O11. The summed E-state index contributed by atoms with van der Waals surface area (Å²) in [7, 11) is 0.542. The summed E-state index contributed by atoms with van der Waals surface area (Å²) in [6.45, 7) is 3.80. The monoisotopic (exact) mass is 905 g/mol. The van der Waals surface area contributed by atoms with Crippen molar-refractivity contribution in [1.29, 1.82) is 0 Å². The Kier molecular flexibility index (Phi) is 28.6. The highest BCUT2D eigenvalue weighted by Crippen LogP contribution is 2.14. The molecule has 13 N–H and O–H groups in total. The van der Waals surface area contributed by atoms with Crippen LogP contribution in [0, 0.1) is 0 Å². The van der Waals surface area contributed by atoms with Crippen LogP contribution >= 0.6 is 0 Å². The van der Waals surface area contributed by atoms with Gasteiger partial charge >= 0.3 is 0 Å². The van der Waals surface area contributed by atoms with Crippen LogP contribution in [0.1, 0.15) is 136 Å². The number of hydrogen-bond acceptors (Lipinski definition) is 12. The second kappa shape index (κ2) is 32.3. The van der Waals surface area contributed by atoms with Crippen LogP contribution in [0.3, 0.4) is 0 Å². The largest absolute Gasteiger partial charge is 0.396 e. The van der Waals surface area contributed by atoms with Crippen LogP contribution in [-0.4, -0.2) is 130 Å². The standard InChI is InChI=1S/C42H73BN10O11/c1-5-6-7-8-9-10-11-12-13-14-15-16-17-18-35(58)50-32(21-28-23-47-25-48-28)41(63)49-26(2)38(60)53-36(27(3)55)42(64)52-31(22-34(45)57)37(59)43-29(24-54)39(61)51-30(40(62)46-4)19-20-33(44)56/h23,25-27,29-32,36,43,54-55H,5-22,24H2,1-4H3,(H2,44,56)(H2,45,57)(H,46,62)(H,47,48)(H,49,63)(H,50,58)(H,51,61)(H,52,64)(H,53,60)/t26-,27+,29-,30-,31-,32-,36-/m0/s1. The highest BCUT2D eigenvalue weighted by Gasteiger charge is 2.35. The topological polar surface area (TPSA) is 347 Å². The molecule has 64 heavy (non-hydrogen) atoms. The summed E-state index contributed by atoms with van der Waals surface area (Å²) >= 11 is 0. The van der Waals surface area contributed by atoms with E-state index in [0.29, 0.717) is 12.1 Å². The zero-order valence-electron chi connectivity index (χ0n) is 38.0. The lowest BCUT2D eigenvalue weighted by Gasteiger charge is -2.26. The van der Waals surface area contributed by atoms with Crippen molar-refractivity contribution in [1.82, 2.24) is 41.9 Å². The van der Waals surface area contributed by atoms with E-state index in [-0.39, 0.29) is 31.6 Å². The molecule has 0 aliphatic carbocycles. The molecule has 21 nitrogen and oxygen atoms in total. The average Bonchev–Trinajstić information content (AvgIpc) is 3.76. The quantitative estimate of drug-likeness (QED) is 0.0282. The molecule has 0 bridgehead atoms. The van der Waals surface area contributed by atoms with Gasteiger partial charge < -0.3 is 63.4 Å². The maximum atomic E-state index is 13.5. The first-order chi connectivity index (χ1) is 30.4. The molecule has 22 heteroatoms. The van der Waals surface area contributed by atoms with Crippen molar-refractivity contribution in [3.8, 4) is 0 Å². The van der Waals surface area contributed by atoms with Crippen LogP contribution in [-0.2, 0) is 49.6 Å². The van der Waals surface area contributed by atoms with E-state index in [0.717, 1.165) is 25.7 Å². The number of H-pyrrole nitrogens is 1. The Morgan fingerprint density at radius 1 is 0.688 bits per heavy atom. The Balaban J connectivity index is 2.86. The van der Waals surface area contributed by atoms with Crippen molar-refractivity contribution in [3.05, 3.63) is 18.2 Å². The third kappa shape index (κ3) is 23.9. The van der Waals surface area contributed by atoms with Gasteiger partial charge in [-0.25, -0.2) is 4.98 Å². The number of nitrogens with zero attached hydrogens (tertiary/aromatic N) is 1. The molecular weight excluding hydrogens is 831 g/mol. The maximum absolute atomic E-state index is 13.5. The van der Waals surface area contributed by atoms with Crippen LogP contribution in [0.2, 0.25) is 5.82 Å². The first kappa shape index (κ1) is 56.6. The average molecular weight is 905 g/mol. The van der Waals surface area contributed by atoms with E-state index in [2.05, 4.69) is 48.8 Å². The molecule has 0 saturated heterocycles. The molecule has 0 radical (unpaired) electrons. The van der Waals surface area contributed by atoms with E-state index in [4.69, 9.17) is 11.5 Å². The number of carbonyl (C=O) groups is 9. The highest BCUT2D eigenvalue weighted by molar-refractivity contribution is 6.78. The molecule has 7 atom stereocenters. The van der Waals surface area contributed by atoms with Crippen LogP contribution in [0.4, 0.5) is 0 Å². The first-order valence-corrected chi connectivity index (χ1v) is 22.5. The zero-order valence-corrected chi connectivity index (χ0v) is 38.0. The number of aliphatic hydroxyl groups is 2. The van der Waals surface area contributed by atoms with Gasteiger partial charge in [0.2, 0.25) is 54.5 Å². The molecule has 1 rings (SSSR count). The number of nitrogens with two attached hydrogens (primary N) is 2. The van der Waals surface area contributed by atoms with Crippen LogP contribution in [0.25, 0.3) is 0 Å². The zero-order chi connectivity index (χ0) is 48.0. The molecule has 0 spiro atoms. The Hall–Kier alpha value is -5.38. The van der Waals surface area contributed by atoms with E-state index < -0.39 is 109 Å². The van der Waals surface area contributed by atoms with Crippen LogP contribution < -0.4 is 43.4 Å². The van der Waals surface area contributed by atoms with Gasteiger partial charge in [-0.05, 0) is 26.7 Å². The van der Waals surface area contributed by atoms with Crippen molar-refractivity contribution in [2.45, 2.75) is 178 Å². The van der Waals surface area contributed by atoms with E-state index in [1.165, 1.54) is 84.8 Å². The molecule has 1 aromatic rings. The lowest BCUT2D eigenvalue weighted by molar-refractivity contribution is -0.135. The van der Waals surface area contributed by atoms with Crippen molar-refractivity contribution < 1.29 is 53.4 Å². The van der Waals surface area contributed by atoms with Crippen LogP contribution in [0.5, 0.6) is 0 Å². The number of primary amides is 2. The number of aromatic nitrogens is 2. The molecule has 0 aromatic carbocycles. The summed E-state index contributed by atoms with van der Waals surface area (Å²) in [5.41, 5.74) is 10.1. The van der Waals surface area contributed by atoms with Gasteiger partial charge in [0.1, 0.15) is 29.8 Å². The number of aliphatic hydroxyl groups excluding tert-OH is 2. The molecule has 1 heterocycles. The molecule has 360 valence electrons. The summed E-state index contributed by atoms with van der Waals surface area (Å²) < 4.78 is 0. The normalized spacial score (nSPS) is 14.3. The van der Waals surface area contributed by atoms with Gasteiger partial charge in [-0.15, -0.1) is 0 Å². The van der Waals surface area contributed by atoms with E-state index in [1.807, 2.05) is 0 Å². The van der Waals surface area contributed by atoms with Gasteiger partial charge in [-0.3, -0.25) is 38.4 Å². The minimum absolute atomic E-state index is 0.0290. The number of aromatic amines is 1. The molecule has 0 unspecified atom stereocenters. The van der Waals surface area contributed by atoms with Crippen molar-refractivity contribution in [3.63, 3.8) is 0 Å². The Morgan fingerprint density at radius 2 is 1.27 bits per heavy atom. The maximum Gasteiger partial charge on any atom is 0.245 e. The molecule has 8 amide bonds. The summed E-state index contributed by atoms with van der Waals surface area (Å²) in [5, 5.41) is 34.9. The number of carbonyl (C=O) groups excluding carboxylic acids is 9. The SMILES string of the molecule is CCCCCCCCCCCCCCCC(=O)N[C@@H](Cc1cnc[nH]1)C(=O)N[C@@H](C)C(=O)N[C@H](C(=O)N[C@@H](CC(N)=O)C(=O)B[C@@H](CO)C(=O)N[C@@H](CCC(N)=O)C(=O)NC)[C@@H](C)O. The number of hydrogen-bond donors (Lipinski definition) is 11. The van der Waals surface area contributed by atoms with Gasteiger partial charge in [0, 0.05) is 50.6 Å². The number of likely N-dealkylation sites (N-methyl/N-ethyl adjacent to an activating group) is 1. The van der Waals surface area contributed by atoms with Crippen LogP contribution in [0.15, 0.2) is 12.5 Å². The molecule has 0 saturated carbocycles. The highest BCUT2D eigenvalue weighted by atomic mass is 16.3.